The van der Waals surface area contributed by atoms with Crippen LogP contribution in [-0.4, -0.2) is 108 Å². The minimum absolute atomic E-state index is 0.0279. The minimum atomic E-state index is -3.26. The third-order valence-corrected chi connectivity index (χ3v) is 11.3. The summed E-state index contributed by atoms with van der Waals surface area (Å²) < 4.78 is 40.4. The first-order valence-electron chi connectivity index (χ1n) is 14.6. The van der Waals surface area contributed by atoms with Crippen LogP contribution in [0.4, 0.5) is 9.18 Å². The Bertz CT molecular complexity index is 1690. The SMILES string of the molecule is Cc1c(F)cccc1[C@@H]1N=C(c2nccs2)NC(CN2CCN3C(=O)N(C45CC(CNS(C)(=O)=O)(C4)C5)C[C@@H]3C2)=C1C(=O)O. The molecule has 0 spiro atoms. The molecule has 1 aromatic carbocycles. The molecule has 1 aromatic heterocycles. The van der Waals surface area contributed by atoms with Gasteiger partial charge in [0.15, 0.2) is 10.8 Å². The number of thiazole rings is 1. The third kappa shape index (κ3) is 4.89. The molecule has 2 bridgehead atoms. The molecule has 2 atom stereocenters. The fourth-order valence-corrected chi connectivity index (χ4v) is 8.95. The number of nitrogens with one attached hydrogen (secondary N) is 2. The molecule has 5 fully saturated rings. The molecule has 12 nitrogen and oxygen atoms in total. The second kappa shape index (κ2) is 10.3. The van der Waals surface area contributed by atoms with E-state index in [1.165, 1.54) is 17.4 Å². The summed E-state index contributed by atoms with van der Waals surface area (Å²) in [6, 6.07) is 3.69. The van der Waals surface area contributed by atoms with Crippen molar-refractivity contribution in [1.29, 1.82) is 0 Å². The summed E-state index contributed by atoms with van der Waals surface area (Å²) in [5.41, 5.74) is 1.11. The highest BCUT2D eigenvalue weighted by molar-refractivity contribution is 7.88. The number of amides is 2. The molecule has 15 heteroatoms. The number of aliphatic imine (C=N–C) groups is 1. The first-order valence-corrected chi connectivity index (χ1v) is 17.4. The Kier molecular flexibility index (Phi) is 6.88. The molecule has 4 heterocycles. The maximum atomic E-state index is 14.6. The lowest BCUT2D eigenvalue weighted by Gasteiger charge is -2.73. The Hall–Kier alpha value is -3.40. The third-order valence-electron chi connectivity index (χ3n) is 9.81. The maximum absolute atomic E-state index is 14.6. The van der Waals surface area contributed by atoms with Crippen LogP contribution in [0.3, 0.4) is 0 Å². The number of hydrogen-bond donors (Lipinski definition) is 3. The zero-order valence-electron chi connectivity index (χ0n) is 24.4. The van der Waals surface area contributed by atoms with Gasteiger partial charge in [0.05, 0.1) is 17.9 Å². The van der Waals surface area contributed by atoms with E-state index in [-0.39, 0.29) is 28.6 Å². The molecule has 44 heavy (non-hydrogen) atoms. The lowest BCUT2D eigenvalue weighted by atomic mass is 9.39. The number of hydrogen-bond acceptors (Lipinski definition) is 9. The molecular weight excluding hydrogens is 609 g/mol. The number of rotatable bonds is 9. The monoisotopic (exact) mass is 643 g/mol. The smallest absolute Gasteiger partial charge is 0.335 e. The van der Waals surface area contributed by atoms with Crippen LogP contribution < -0.4 is 10.0 Å². The molecule has 2 saturated heterocycles. The number of carboxylic acid groups (broad SMARTS) is 1. The molecule has 2 aromatic rings. The highest BCUT2D eigenvalue weighted by atomic mass is 32.2. The van der Waals surface area contributed by atoms with Crippen LogP contribution in [0.25, 0.3) is 0 Å². The number of amidine groups is 1. The van der Waals surface area contributed by atoms with Gasteiger partial charge in [0.1, 0.15) is 11.9 Å². The number of carbonyl (C=O) groups is 2. The molecule has 3 saturated carbocycles. The summed E-state index contributed by atoms with van der Waals surface area (Å²) >= 11 is 1.38. The van der Waals surface area contributed by atoms with E-state index in [2.05, 4.69) is 19.9 Å². The number of halogens is 1. The average molecular weight is 644 g/mol. The minimum Gasteiger partial charge on any atom is -0.478 e. The first kappa shape index (κ1) is 29.3. The summed E-state index contributed by atoms with van der Waals surface area (Å²) in [6.07, 6.45) is 5.22. The quantitative estimate of drug-likeness (QED) is 0.376. The number of carboxylic acids is 1. The van der Waals surface area contributed by atoms with Gasteiger partial charge in [0.2, 0.25) is 10.0 Å². The van der Waals surface area contributed by atoms with E-state index in [4.69, 9.17) is 4.99 Å². The summed E-state index contributed by atoms with van der Waals surface area (Å²) in [5, 5.41) is 16.1. The van der Waals surface area contributed by atoms with Crippen molar-refractivity contribution >= 4 is 39.2 Å². The molecule has 8 rings (SSSR count). The Morgan fingerprint density at radius 1 is 1.25 bits per heavy atom. The number of fused-ring (bicyclic) bond motifs is 1. The molecule has 3 aliphatic heterocycles. The van der Waals surface area contributed by atoms with E-state index in [0.717, 1.165) is 25.5 Å². The van der Waals surface area contributed by atoms with Crippen molar-refractivity contribution in [2.45, 2.75) is 43.8 Å². The number of nitrogens with zero attached hydrogens (tertiary/aromatic N) is 5. The van der Waals surface area contributed by atoms with Gasteiger partial charge in [-0.1, -0.05) is 12.1 Å². The van der Waals surface area contributed by atoms with Crippen molar-refractivity contribution < 1.29 is 27.5 Å². The van der Waals surface area contributed by atoms with Gasteiger partial charge in [0, 0.05) is 62.1 Å². The van der Waals surface area contributed by atoms with Crippen LogP contribution in [0, 0.1) is 18.2 Å². The largest absolute Gasteiger partial charge is 0.478 e. The van der Waals surface area contributed by atoms with Crippen molar-refractivity contribution in [3.05, 3.63) is 63.0 Å². The Morgan fingerprint density at radius 2 is 2.02 bits per heavy atom. The topological polar surface area (TPSA) is 148 Å². The number of sulfonamides is 1. The summed E-state index contributed by atoms with van der Waals surface area (Å²) in [5.74, 6) is -1.12. The van der Waals surface area contributed by atoms with Gasteiger partial charge in [0.25, 0.3) is 0 Å². The Balaban J connectivity index is 1.10. The molecular formula is C29H34FN7O5S2. The maximum Gasteiger partial charge on any atom is 0.335 e. The van der Waals surface area contributed by atoms with E-state index in [1.807, 2.05) is 15.2 Å². The molecule has 6 aliphatic rings. The van der Waals surface area contributed by atoms with Crippen LogP contribution in [0.15, 0.2) is 46.0 Å². The van der Waals surface area contributed by atoms with Crippen LogP contribution >= 0.6 is 11.3 Å². The average Bonchev–Trinajstić information content (AvgIpc) is 3.56. The zero-order chi connectivity index (χ0) is 31.0. The van der Waals surface area contributed by atoms with E-state index >= 15 is 0 Å². The summed E-state index contributed by atoms with van der Waals surface area (Å²) in [4.78, 5) is 41.4. The standard InChI is InChI=1S/C29H34FN7O5S2/c1-17-19(4-3-5-20(17)30)23-22(26(38)39)21(33-24(34-23)25-31-6-9-43-25)12-35-7-8-36-18(10-35)11-37(27(36)40)29-13-28(14-29,15-29)16-32-44(2,41)42/h3-6,9,18,23,32H,7-8,10-16H2,1-2H3,(H,33,34)(H,38,39)/t18-,23-,28?,29?/m0/s1. The second-order valence-corrected chi connectivity index (χ2v) is 15.5. The van der Waals surface area contributed by atoms with Crippen molar-refractivity contribution in [3.63, 3.8) is 0 Å². The highest BCUT2D eigenvalue weighted by Crippen LogP contribution is 2.70. The molecule has 2 amide bonds. The molecule has 3 N–H and O–H groups in total. The zero-order valence-corrected chi connectivity index (χ0v) is 26.0. The van der Waals surface area contributed by atoms with E-state index in [9.17, 15) is 27.5 Å². The number of carbonyl (C=O) groups excluding carboxylic acids is 1. The van der Waals surface area contributed by atoms with Gasteiger partial charge in [-0.2, -0.15) is 0 Å². The summed E-state index contributed by atoms with van der Waals surface area (Å²) in [7, 11) is -3.26. The van der Waals surface area contributed by atoms with Crippen LogP contribution in [0.2, 0.25) is 0 Å². The second-order valence-electron chi connectivity index (χ2n) is 12.8. The first-order chi connectivity index (χ1) is 20.9. The van der Waals surface area contributed by atoms with Crippen molar-refractivity contribution in [2.24, 2.45) is 10.4 Å². The van der Waals surface area contributed by atoms with Gasteiger partial charge < -0.3 is 20.2 Å². The molecule has 3 aliphatic carbocycles. The normalized spacial score (nSPS) is 30.0. The number of aliphatic carboxylic acids is 1. The molecule has 0 radical (unpaired) electrons. The lowest BCUT2D eigenvalue weighted by Crippen LogP contribution is -2.77. The van der Waals surface area contributed by atoms with Gasteiger partial charge in [-0.15, -0.1) is 11.3 Å². The van der Waals surface area contributed by atoms with Crippen molar-refractivity contribution in [1.82, 2.24) is 29.7 Å². The van der Waals surface area contributed by atoms with Crippen LogP contribution in [0.5, 0.6) is 0 Å². The fourth-order valence-electron chi connectivity index (χ4n) is 7.80. The number of urea groups is 1. The Labute approximate surface area is 258 Å². The number of aromatic nitrogens is 1. The molecule has 234 valence electrons. The van der Waals surface area contributed by atoms with Gasteiger partial charge >= 0.3 is 12.0 Å². The fraction of sp³-hybridized carbons (Fsp3) is 0.517. The Morgan fingerprint density at radius 3 is 2.70 bits per heavy atom. The van der Waals surface area contributed by atoms with Crippen molar-refractivity contribution in [2.75, 3.05) is 45.5 Å². The predicted octanol–water partition coefficient (Wildman–Crippen LogP) is 1.91. The highest BCUT2D eigenvalue weighted by Gasteiger charge is 2.72. The predicted molar refractivity (Wildman–Crippen MR) is 161 cm³/mol. The lowest BCUT2D eigenvalue weighted by molar-refractivity contribution is -0.194. The number of piperazine rings is 1. The van der Waals surface area contributed by atoms with E-state index < -0.39 is 27.9 Å². The summed E-state index contributed by atoms with van der Waals surface area (Å²) in [6.45, 7) is 4.57. The van der Waals surface area contributed by atoms with E-state index in [0.29, 0.717) is 66.9 Å². The van der Waals surface area contributed by atoms with Crippen LogP contribution in [-0.2, 0) is 14.8 Å². The van der Waals surface area contributed by atoms with Gasteiger partial charge in [-0.3, -0.25) is 9.89 Å². The van der Waals surface area contributed by atoms with E-state index in [1.54, 1.807) is 25.3 Å². The number of benzene rings is 1. The van der Waals surface area contributed by atoms with Crippen molar-refractivity contribution in [3.8, 4) is 0 Å². The van der Waals surface area contributed by atoms with Gasteiger partial charge in [-0.05, 0) is 48.8 Å². The van der Waals surface area contributed by atoms with Crippen LogP contribution in [0.1, 0.15) is 41.4 Å². The molecule has 0 unspecified atom stereocenters. The van der Waals surface area contributed by atoms with Gasteiger partial charge in [-0.25, -0.2) is 32.1 Å².